The van der Waals surface area contributed by atoms with Gasteiger partial charge < -0.3 is 9.73 Å². The van der Waals surface area contributed by atoms with Crippen LogP contribution in [0.2, 0.25) is 0 Å². The van der Waals surface area contributed by atoms with Crippen LogP contribution in [-0.4, -0.2) is 17.7 Å². The Morgan fingerprint density at radius 2 is 1.30 bits per heavy atom. The monoisotopic (exact) mass is 427 g/mol. The van der Waals surface area contributed by atoms with E-state index in [1.165, 1.54) is 18.4 Å². The Labute approximate surface area is 162 Å². The second-order valence-corrected chi connectivity index (χ2v) is 6.34. The standard InChI is InChI=1S/C19H14BrN3O4/c20-14-7-3-12(4-8-14)17(24)22-23-18(25)13-5-9-15(10-6-13)21-19(26)16-2-1-11-27-16/h1-11H,(H,21,26)(H,22,24)(H,23,25). The second-order valence-electron chi connectivity index (χ2n) is 5.42. The van der Waals surface area contributed by atoms with E-state index in [-0.39, 0.29) is 11.7 Å². The number of carbonyl (C=O) groups excluding carboxylic acids is 3. The fourth-order valence-corrected chi connectivity index (χ4v) is 2.43. The lowest BCUT2D eigenvalue weighted by Crippen LogP contribution is -2.41. The van der Waals surface area contributed by atoms with Crippen LogP contribution in [0.4, 0.5) is 5.69 Å². The normalized spacial score (nSPS) is 10.1. The number of hydrazine groups is 1. The van der Waals surface area contributed by atoms with Crippen molar-refractivity contribution in [1.82, 2.24) is 10.9 Å². The molecule has 0 bridgehead atoms. The molecule has 27 heavy (non-hydrogen) atoms. The minimum atomic E-state index is -0.482. The molecule has 0 radical (unpaired) electrons. The first kappa shape index (κ1) is 18.4. The van der Waals surface area contributed by atoms with Crippen LogP contribution >= 0.6 is 15.9 Å². The molecule has 0 saturated carbocycles. The molecule has 2 aromatic carbocycles. The van der Waals surface area contributed by atoms with Crippen LogP contribution in [0, 0.1) is 0 Å². The van der Waals surface area contributed by atoms with Crippen molar-refractivity contribution in [3.63, 3.8) is 0 Å². The van der Waals surface area contributed by atoms with Gasteiger partial charge in [0.05, 0.1) is 6.26 Å². The Hall–Kier alpha value is -3.39. The van der Waals surface area contributed by atoms with Crippen LogP contribution in [0.15, 0.2) is 75.8 Å². The van der Waals surface area contributed by atoms with Crippen molar-refractivity contribution in [2.75, 3.05) is 5.32 Å². The molecular weight excluding hydrogens is 414 g/mol. The minimum absolute atomic E-state index is 0.187. The highest BCUT2D eigenvalue weighted by Crippen LogP contribution is 2.12. The molecule has 3 amide bonds. The van der Waals surface area contributed by atoms with E-state index in [2.05, 4.69) is 32.1 Å². The van der Waals surface area contributed by atoms with E-state index in [4.69, 9.17) is 4.42 Å². The molecule has 1 heterocycles. The van der Waals surface area contributed by atoms with Crippen molar-refractivity contribution < 1.29 is 18.8 Å². The number of amides is 3. The molecular formula is C19H14BrN3O4. The van der Waals surface area contributed by atoms with Crippen molar-refractivity contribution in [2.45, 2.75) is 0 Å². The largest absolute Gasteiger partial charge is 0.459 e. The summed E-state index contributed by atoms with van der Waals surface area (Å²) in [7, 11) is 0. The third kappa shape index (κ3) is 4.83. The molecule has 0 aliphatic carbocycles. The highest BCUT2D eigenvalue weighted by molar-refractivity contribution is 9.10. The zero-order chi connectivity index (χ0) is 19.2. The number of hydrogen-bond donors (Lipinski definition) is 3. The predicted octanol–water partition coefficient (Wildman–Crippen LogP) is 3.37. The minimum Gasteiger partial charge on any atom is -0.459 e. The van der Waals surface area contributed by atoms with Crippen molar-refractivity contribution in [3.05, 3.63) is 88.3 Å². The van der Waals surface area contributed by atoms with Gasteiger partial charge in [-0.05, 0) is 60.7 Å². The summed E-state index contributed by atoms with van der Waals surface area (Å²) in [5.41, 5.74) is 5.93. The highest BCUT2D eigenvalue weighted by Gasteiger charge is 2.11. The highest BCUT2D eigenvalue weighted by atomic mass is 79.9. The van der Waals surface area contributed by atoms with Crippen LogP contribution in [0.25, 0.3) is 0 Å². The quantitative estimate of drug-likeness (QED) is 0.555. The third-order valence-corrected chi connectivity index (χ3v) is 4.07. The zero-order valence-corrected chi connectivity index (χ0v) is 15.4. The Kier molecular flexibility index (Phi) is 5.68. The molecule has 0 spiro atoms. The van der Waals surface area contributed by atoms with Crippen molar-refractivity contribution in [3.8, 4) is 0 Å². The van der Waals surface area contributed by atoms with E-state index < -0.39 is 11.8 Å². The number of rotatable bonds is 4. The zero-order valence-electron chi connectivity index (χ0n) is 13.9. The Morgan fingerprint density at radius 3 is 1.81 bits per heavy atom. The van der Waals surface area contributed by atoms with Crippen molar-refractivity contribution in [1.29, 1.82) is 0 Å². The smallest absolute Gasteiger partial charge is 0.291 e. The maximum atomic E-state index is 12.1. The second kappa shape index (κ2) is 8.33. The Bertz CT molecular complexity index is 952. The van der Waals surface area contributed by atoms with Gasteiger partial charge in [-0.15, -0.1) is 0 Å². The number of halogens is 1. The lowest BCUT2D eigenvalue weighted by Gasteiger charge is -2.08. The van der Waals surface area contributed by atoms with Gasteiger partial charge in [-0.2, -0.15) is 0 Å². The number of anilines is 1. The van der Waals surface area contributed by atoms with E-state index in [0.29, 0.717) is 16.8 Å². The van der Waals surface area contributed by atoms with Gasteiger partial charge in [0, 0.05) is 21.3 Å². The Balaban J connectivity index is 1.55. The Morgan fingerprint density at radius 1 is 0.741 bits per heavy atom. The molecule has 3 rings (SSSR count). The van der Waals surface area contributed by atoms with E-state index in [0.717, 1.165) is 4.47 Å². The molecule has 0 unspecified atom stereocenters. The van der Waals surface area contributed by atoms with Gasteiger partial charge in [-0.3, -0.25) is 25.2 Å². The summed E-state index contributed by atoms with van der Waals surface area (Å²) in [5, 5.41) is 2.65. The van der Waals surface area contributed by atoms with Crippen LogP contribution in [0.1, 0.15) is 31.3 Å². The topological polar surface area (TPSA) is 100 Å². The van der Waals surface area contributed by atoms with Crippen molar-refractivity contribution >= 4 is 39.3 Å². The molecule has 0 saturated heterocycles. The summed E-state index contributed by atoms with van der Waals surface area (Å²) in [4.78, 5) is 36.0. The van der Waals surface area contributed by atoms with Gasteiger partial charge in [0.15, 0.2) is 5.76 Å². The molecule has 3 N–H and O–H groups in total. The number of furan rings is 1. The number of benzene rings is 2. The summed E-state index contributed by atoms with van der Waals surface area (Å²) in [6.45, 7) is 0. The molecule has 0 aliphatic heterocycles. The molecule has 0 atom stereocenters. The van der Waals surface area contributed by atoms with E-state index >= 15 is 0 Å². The average Bonchev–Trinajstić information content (AvgIpc) is 3.22. The summed E-state index contributed by atoms with van der Waals surface area (Å²) < 4.78 is 5.86. The molecule has 0 aliphatic rings. The van der Waals surface area contributed by atoms with Gasteiger partial charge in [-0.1, -0.05) is 15.9 Å². The van der Waals surface area contributed by atoms with Crippen LogP contribution in [-0.2, 0) is 0 Å². The van der Waals surface area contributed by atoms with Crippen LogP contribution in [0.3, 0.4) is 0 Å². The van der Waals surface area contributed by atoms with Gasteiger partial charge in [0.25, 0.3) is 17.7 Å². The first-order chi connectivity index (χ1) is 13.0. The van der Waals surface area contributed by atoms with Crippen molar-refractivity contribution in [2.24, 2.45) is 0 Å². The maximum absolute atomic E-state index is 12.1. The third-order valence-electron chi connectivity index (χ3n) is 3.55. The maximum Gasteiger partial charge on any atom is 0.291 e. The molecule has 8 heteroatoms. The lowest BCUT2D eigenvalue weighted by atomic mass is 10.2. The SMILES string of the molecule is O=C(NNC(=O)c1ccc(NC(=O)c2ccco2)cc1)c1ccc(Br)cc1. The number of nitrogens with one attached hydrogen (secondary N) is 3. The number of hydrogen-bond acceptors (Lipinski definition) is 4. The van der Waals surface area contributed by atoms with Gasteiger partial charge in [0.2, 0.25) is 0 Å². The first-order valence-corrected chi connectivity index (χ1v) is 8.63. The lowest BCUT2D eigenvalue weighted by molar-refractivity contribution is 0.0846. The summed E-state index contributed by atoms with van der Waals surface area (Å²) in [6.07, 6.45) is 1.41. The summed E-state index contributed by atoms with van der Waals surface area (Å²) in [6, 6.07) is 16.1. The number of carbonyl (C=O) groups is 3. The van der Waals surface area contributed by atoms with Gasteiger partial charge >= 0.3 is 0 Å². The molecule has 7 nitrogen and oxygen atoms in total. The van der Waals surface area contributed by atoms with E-state index in [9.17, 15) is 14.4 Å². The predicted molar refractivity (Wildman–Crippen MR) is 102 cm³/mol. The van der Waals surface area contributed by atoms with E-state index in [1.54, 1.807) is 48.5 Å². The molecule has 3 aromatic rings. The fourth-order valence-electron chi connectivity index (χ4n) is 2.16. The summed E-state index contributed by atoms with van der Waals surface area (Å²) >= 11 is 3.29. The van der Waals surface area contributed by atoms with Crippen LogP contribution < -0.4 is 16.2 Å². The van der Waals surface area contributed by atoms with Crippen LogP contribution in [0.5, 0.6) is 0 Å². The molecule has 136 valence electrons. The summed E-state index contributed by atoms with van der Waals surface area (Å²) in [5.74, 6) is -1.12. The van der Waals surface area contributed by atoms with Gasteiger partial charge in [0.1, 0.15) is 0 Å². The fraction of sp³-hybridized carbons (Fsp3) is 0. The average molecular weight is 428 g/mol. The van der Waals surface area contributed by atoms with Gasteiger partial charge in [-0.25, -0.2) is 0 Å². The first-order valence-electron chi connectivity index (χ1n) is 7.84. The molecule has 1 aromatic heterocycles. The molecule has 0 fully saturated rings. The van der Waals surface area contributed by atoms with E-state index in [1.807, 2.05) is 0 Å².